The van der Waals surface area contributed by atoms with E-state index >= 15 is 0 Å². The van der Waals surface area contributed by atoms with Gasteiger partial charge in [0.15, 0.2) is 0 Å². The zero-order valence-corrected chi connectivity index (χ0v) is 22.5. The summed E-state index contributed by atoms with van der Waals surface area (Å²) in [6, 6.07) is 4.26. The number of hydrogen-bond acceptors (Lipinski definition) is 5. The molecule has 0 radical (unpaired) electrons. The molecule has 3 N–H and O–H groups in total. The van der Waals surface area contributed by atoms with E-state index in [1.54, 1.807) is 7.05 Å². The van der Waals surface area contributed by atoms with Gasteiger partial charge in [-0.05, 0) is 94.7 Å². The summed E-state index contributed by atoms with van der Waals surface area (Å²) in [5.41, 5.74) is 10.9. The van der Waals surface area contributed by atoms with Crippen LogP contribution in [0, 0.1) is 5.41 Å². The van der Waals surface area contributed by atoms with Crippen LogP contribution in [0.5, 0.6) is 5.75 Å². The van der Waals surface area contributed by atoms with E-state index in [2.05, 4.69) is 54.9 Å². The third-order valence-corrected chi connectivity index (χ3v) is 6.87. The Morgan fingerprint density at radius 2 is 1.89 bits per heavy atom. The molecule has 0 unspecified atom stereocenters. The molecule has 1 aromatic carbocycles. The summed E-state index contributed by atoms with van der Waals surface area (Å²) in [6.07, 6.45) is 4.99. The first-order chi connectivity index (χ1) is 16.4. The first-order valence-electron chi connectivity index (χ1n) is 12.7. The molecule has 7 heteroatoms. The van der Waals surface area contributed by atoms with Crippen LogP contribution >= 0.6 is 0 Å². The summed E-state index contributed by atoms with van der Waals surface area (Å²) in [6.45, 7) is 16.0. The number of carbonyl (C=O) groups excluding carboxylic acids is 1. The number of nitrogens with zero attached hydrogens (tertiary/aromatic N) is 2. The van der Waals surface area contributed by atoms with E-state index in [0.29, 0.717) is 5.84 Å². The molecule has 1 amide bonds. The number of benzene rings is 1. The molecule has 0 aromatic heterocycles. The summed E-state index contributed by atoms with van der Waals surface area (Å²) in [5, 5.41) is 3.00. The zero-order chi connectivity index (χ0) is 26.0. The van der Waals surface area contributed by atoms with Crippen LogP contribution in [0.4, 0.5) is 4.79 Å². The average Bonchev–Trinajstić information content (AvgIpc) is 2.77. The highest BCUT2D eigenvalue weighted by molar-refractivity contribution is 6.06. The minimum absolute atomic E-state index is 0.121. The number of nitrogens with two attached hydrogens (primary N) is 1. The van der Waals surface area contributed by atoms with E-state index in [4.69, 9.17) is 15.2 Å². The molecular weight excluding hydrogens is 440 g/mol. The molecule has 0 heterocycles. The van der Waals surface area contributed by atoms with Crippen molar-refractivity contribution in [2.24, 2.45) is 21.1 Å². The van der Waals surface area contributed by atoms with Crippen molar-refractivity contribution < 1.29 is 14.3 Å². The number of amides is 1. The van der Waals surface area contributed by atoms with Gasteiger partial charge in [-0.15, -0.1) is 0 Å². The van der Waals surface area contributed by atoms with Crippen molar-refractivity contribution in [3.63, 3.8) is 0 Å². The molecule has 35 heavy (non-hydrogen) atoms. The van der Waals surface area contributed by atoms with Crippen LogP contribution in [0.1, 0.15) is 83.9 Å². The quantitative estimate of drug-likeness (QED) is 0.416. The van der Waals surface area contributed by atoms with Crippen molar-refractivity contribution in [2.75, 3.05) is 7.05 Å². The molecule has 1 fully saturated rings. The van der Waals surface area contributed by atoms with Gasteiger partial charge < -0.3 is 20.5 Å². The van der Waals surface area contributed by atoms with Gasteiger partial charge in [0.05, 0.1) is 11.8 Å². The first kappa shape index (κ1) is 26.8. The predicted molar refractivity (Wildman–Crippen MR) is 143 cm³/mol. The van der Waals surface area contributed by atoms with Crippen molar-refractivity contribution in [1.29, 1.82) is 0 Å². The van der Waals surface area contributed by atoms with E-state index in [-0.39, 0.29) is 23.7 Å². The number of alkyl carbamates (subject to hydrolysis) is 1. The maximum absolute atomic E-state index is 12.1. The highest BCUT2D eigenvalue weighted by Gasteiger charge is 2.37. The highest BCUT2D eigenvalue weighted by Crippen LogP contribution is 2.46. The van der Waals surface area contributed by atoms with Crippen LogP contribution in [0.15, 0.2) is 27.7 Å². The molecule has 7 nitrogen and oxygen atoms in total. The molecule has 0 aliphatic heterocycles. The minimum Gasteiger partial charge on any atom is -0.490 e. The second kappa shape index (κ2) is 10.4. The Hall–Kier alpha value is -2.83. The van der Waals surface area contributed by atoms with Crippen molar-refractivity contribution in [3.05, 3.63) is 34.4 Å². The van der Waals surface area contributed by atoms with Crippen LogP contribution in [-0.2, 0) is 17.6 Å². The molecule has 192 valence electrons. The van der Waals surface area contributed by atoms with Gasteiger partial charge in [-0.3, -0.25) is 9.98 Å². The van der Waals surface area contributed by atoms with Crippen LogP contribution < -0.4 is 15.8 Å². The average molecular weight is 483 g/mol. The first-order valence-corrected chi connectivity index (χ1v) is 12.7. The zero-order valence-electron chi connectivity index (χ0n) is 22.5. The minimum atomic E-state index is -0.492. The number of ether oxygens (including phenoxy) is 2. The van der Waals surface area contributed by atoms with Gasteiger partial charge in [0.1, 0.15) is 17.2 Å². The standard InChI is InChI=1S/C28H42N4O3/c1-9-19-21-16-28(5,6)23(25(29)31-8)24(30-7)20(21)14-15-22(19)34-18-12-10-17(11-13-18)32-26(33)35-27(2,3)4/h14-15,17-18H,7,9-13,16H2,1-6,8H3,(H2,29,31)(H,32,33). The molecule has 0 spiro atoms. The largest absolute Gasteiger partial charge is 0.490 e. The lowest BCUT2D eigenvalue weighted by Crippen LogP contribution is -2.42. The van der Waals surface area contributed by atoms with Crippen LogP contribution in [0.2, 0.25) is 0 Å². The van der Waals surface area contributed by atoms with Crippen LogP contribution in [0.3, 0.4) is 0 Å². The molecule has 2 aliphatic rings. The number of rotatable bonds is 6. The summed E-state index contributed by atoms with van der Waals surface area (Å²) < 4.78 is 12.0. The third-order valence-electron chi connectivity index (χ3n) is 6.87. The normalized spacial score (nSPS) is 22.3. The molecule has 1 aromatic rings. The fourth-order valence-corrected chi connectivity index (χ4v) is 5.30. The van der Waals surface area contributed by atoms with Crippen LogP contribution in [-0.4, -0.2) is 43.4 Å². The SMILES string of the molecule is C=NC1=C(C(N)=NC)C(C)(C)Cc2c1ccc(OC1CCC(NC(=O)OC(C)(C)C)CC1)c2CC. The Kier molecular flexibility index (Phi) is 7.97. The number of hydrogen-bond donors (Lipinski definition) is 2. The Morgan fingerprint density at radius 1 is 1.23 bits per heavy atom. The summed E-state index contributed by atoms with van der Waals surface area (Å²) in [4.78, 5) is 20.8. The molecule has 1 saturated carbocycles. The third kappa shape index (κ3) is 6.06. The summed E-state index contributed by atoms with van der Waals surface area (Å²) >= 11 is 0. The van der Waals surface area contributed by atoms with Crippen molar-refractivity contribution >= 4 is 24.3 Å². The number of amidine groups is 1. The number of aliphatic imine (C=N–C) groups is 2. The number of fused-ring (bicyclic) bond motifs is 1. The van der Waals surface area contributed by atoms with Gasteiger partial charge in [-0.25, -0.2) is 4.79 Å². The summed E-state index contributed by atoms with van der Waals surface area (Å²) in [5.74, 6) is 1.45. The maximum atomic E-state index is 12.1. The van der Waals surface area contributed by atoms with Gasteiger partial charge in [0.25, 0.3) is 0 Å². The van der Waals surface area contributed by atoms with Crippen LogP contribution in [0.25, 0.3) is 5.70 Å². The molecule has 0 bridgehead atoms. The molecule has 0 saturated heterocycles. The Morgan fingerprint density at radius 3 is 2.43 bits per heavy atom. The van der Waals surface area contributed by atoms with E-state index in [1.807, 2.05) is 20.8 Å². The Labute approximate surface area is 210 Å². The summed E-state index contributed by atoms with van der Waals surface area (Å²) in [7, 11) is 1.71. The van der Waals surface area contributed by atoms with Crippen molar-refractivity contribution in [2.45, 2.75) is 97.8 Å². The van der Waals surface area contributed by atoms with Gasteiger partial charge >= 0.3 is 6.09 Å². The molecule has 3 rings (SSSR count). The van der Waals surface area contributed by atoms with Gasteiger partial charge in [0.2, 0.25) is 0 Å². The smallest absolute Gasteiger partial charge is 0.407 e. The second-order valence-electron chi connectivity index (χ2n) is 11.2. The Balaban J connectivity index is 1.78. The molecule has 0 atom stereocenters. The number of carbonyl (C=O) groups is 1. The Bertz CT molecular complexity index is 1030. The van der Waals surface area contributed by atoms with Crippen molar-refractivity contribution in [1.82, 2.24) is 5.32 Å². The fraction of sp³-hybridized carbons (Fsp3) is 0.607. The van der Waals surface area contributed by atoms with E-state index < -0.39 is 5.60 Å². The lowest BCUT2D eigenvalue weighted by atomic mass is 9.70. The van der Waals surface area contributed by atoms with Gasteiger partial charge in [-0.1, -0.05) is 20.8 Å². The second-order valence-corrected chi connectivity index (χ2v) is 11.2. The van der Waals surface area contributed by atoms with E-state index in [1.165, 1.54) is 11.1 Å². The van der Waals surface area contributed by atoms with Gasteiger partial charge in [-0.2, -0.15) is 0 Å². The van der Waals surface area contributed by atoms with Gasteiger partial charge in [0, 0.05) is 24.2 Å². The highest BCUT2D eigenvalue weighted by atomic mass is 16.6. The fourth-order valence-electron chi connectivity index (χ4n) is 5.30. The monoisotopic (exact) mass is 482 g/mol. The molecular formula is C28H42N4O3. The number of nitrogens with one attached hydrogen (secondary N) is 1. The maximum Gasteiger partial charge on any atom is 0.407 e. The topological polar surface area (TPSA) is 98.3 Å². The lowest BCUT2D eigenvalue weighted by molar-refractivity contribution is 0.0470. The van der Waals surface area contributed by atoms with E-state index in [0.717, 1.165) is 61.1 Å². The lowest BCUT2D eigenvalue weighted by Gasteiger charge is -2.37. The van der Waals surface area contributed by atoms with Crippen molar-refractivity contribution in [3.8, 4) is 5.75 Å². The molecule has 2 aliphatic carbocycles. The van der Waals surface area contributed by atoms with E-state index in [9.17, 15) is 4.79 Å². The predicted octanol–water partition coefficient (Wildman–Crippen LogP) is 5.44.